The van der Waals surface area contributed by atoms with E-state index in [9.17, 15) is 9.18 Å². The Morgan fingerprint density at radius 3 is 2.52 bits per heavy atom. The van der Waals surface area contributed by atoms with E-state index in [1.54, 1.807) is 35.3 Å². The van der Waals surface area contributed by atoms with Crippen molar-refractivity contribution in [2.75, 3.05) is 7.11 Å². The van der Waals surface area contributed by atoms with Gasteiger partial charge in [-0.15, -0.1) is 5.10 Å². The van der Waals surface area contributed by atoms with E-state index in [1.165, 1.54) is 34.8 Å². The van der Waals surface area contributed by atoms with Crippen LogP contribution in [0.1, 0.15) is 5.56 Å². The van der Waals surface area contributed by atoms with E-state index >= 15 is 0 Å². The van der Waals surface area contributed by atoms with Crippen molar-refractivity contribution < 1.29 is 9.13 Å². The molecule has 0 aliphatic heterocycles. The van der Waals surface area contributed by atoms with Crippen molar-refractivity contribution in [3.8, 4) is 17.4 Å². The third kappa shape index (κ3) is 3.44. The van der Waals surface area contributed by atoms with Crippen LogP contribution in [-0.4, -0.2) is 41.2 Å². The monoisotopic (exact) mass is 417 g/mol. The minimum absolute atomic E-state index is 0.159. The van der Waals surface area contributed by atoms with Gasteiger partial charge in [-0.25, -0.2) is 28.4 Å². The van der Waals surface area contributed by atoms with Crippen molar-refractivity contribution in [3.63, 3.8) is 0 Å². The largest absolute Gasteiger partial charge is 0.467 e. The molecule has 0 N–H and O–H groups in total. The molecule has 10 heteroatoms. The summed E-state index contributed by atoms with van der Waals surface area (Å²) in [6.07, 6.45) is 6.60. The van der Waals surface area contributed by atoms with Gasteiger partial charge in [0.15, 0.2) is 0 Å². The molecule has 0 bridgehead atoms. The molecule has 154 valence electrons. The maximum Gasteiger partial charge on any atom is 0.353 e. The number of ether oxygens (including phenoxy) is 1. The summed E-state index contributed by atoms with van der Waals surface area (Å²) in [7, 11) is 1.45. The van der Waals surface area contributed by atoms with E-state index in [0.717, 1.165) is 22.2 Å². The third-order valence-electron chi connectivity index (χ3n) is 4.81. The van der Waals surface area contributed by atoms with E-state index in [1.807, 2.05) is 18.3 Å². The summed E-state index contributed by atoms with van der Waals surface area (Å²) in [6.45, 7) is 0.205. The molecule has 0 saturated carbocycles. The molecule has 2 aromatic carbocycles. The topological polar surface area (TPSA) is 92.7 Å². The van der Waals surface area contributed by atoms with Crippen LogP contribution in [0.5, 0.6) is 6.01 Å². The van der Waals surface area contributed by atoms with Gasteiger partial charge in [0.05, 0.1) is 37.3 Å². The highest BCUT2D eigenvalue weighted by molar-refractivity contribution is 5.80. The van der Waals surface area contributed by atoms with Gasteiger partial charge in [0, 0.05) is 11.6 Å². The fraction of sp³-hybridized carbons (Fsp3) is 0.0952. The predicted octanol–water partition coefficient (Wildman–Crippen LogP) is 2.36. The second-order valence-corrected chi connectivity index (χ2v) is 6.81. The van der Waals surface area contributed by atoms with Crippen molar-refractivity contribution in [2.45, 2.75) is 6.54 Å². The Bertz CT molecular complexity index is 1420. The van der Waals surface area contributed by atoms with E-state index in [-0.39, 0.29) is 24.1 Å². The Kier molecular flexibility index (Phi) is 4.51. The highest BCUT2D eigenvalue weighted by atomic mass is 19.1. The third-order valence-corrected chi connectivity index (χ3v) is 4.81. The van der Waals surface area contributed by atoms with E-state index < -0.39 is 0 Å². The Morgan fingerprint density at radius 1 is 1.00 bits per heavy atom. The minimum Gasteiger partial charge on any atom is -0.467 e. The van der Waals surface area contributed by atoms with Crippen molar-refractivity contribution in [1.82, 2.24) is 34.1 Å². The Balaban J connectivity index is 1.54. The maximum absolute atomic E-state index is 13.2. The quantitative estimate of drug-likeness (QED) is 0.436. The summed E-state index contributed by atoms with van der Waals surface area (Å²) in [5, 5.41) is 9.64. The van der Waals surface area contributed by atoms with Gasteiger partial charge in [0.2, 0.25) is 0 Å². The molecule has 0 amide bonds. The zero-order valence-corrected chi connectivity index (χ0v) is 16.4. The SMILES string of the molecule is COc1nn(-c2ccc3nn(-c4cncnc4)cc3c2)c(=O)n1Cc1ccc(F)cc1. The molecular weight excluding hydrogens is 401 g/mol. The molecule has 5 aromatic rings. The molecular formula is C21H16FN7O2. The van der Waals surface area contributed by atoms with Gasteiger partial charge in [0.1, 0.15) is 17.8 Å². The summed E-state index contributed by atoms with van der Waals surface area (Å²) in [5.41, 5.74) is 2.42. The van der Waals surface area contributed by atoms with Crippen LogP contribution in [-0.2, 0) is 6.54 Å². The molecule has 5 rings (SSSR count). The van der Waals surface area contributed by atoms with Gasteiger partial charge in [-0.1, -0.05) is 12.1 Å². The number of rotatable bonds is 5. The number of hydrogen-bond donors (Lipinski definition) is 0. The zero-order chi connectivity index (χ0) is 21.4. The van der Waals surface area contributed by atoms with E-state index in [2.05, 4.69) is 20.2 Å². The molecule has 0 radical (unpaired) electrons. The van der Waals surface area contributed by atoms with Crippen molar-refractivity contribution in [1.29, 1.82) is 0 Å². The number of aromatic nitrogens is 7. The van der Waals surface area contributed by atoms with Gasteiger partial charge >= 0.3 is 11.7 Å². The van der Waals surface area contributed by atoms with Crippen molar-refractivity contribution in [2.24, 2.45) is 0 Å². The number of nitrogens with zero attached hydrogens (tertiary/aromatic N) is 7. The first-order chi connectivity index (χ1) is 15.1. The fourth-order valence-corrected chi connectivity index (χ4v) is 3.29. The number of fused-ring (bicyclic) bond motifs is 1. The molecule has 3 heterocycles. The van der Waals surface area contributed by atoms with Crippen molar-refractivity contribution in [3.05, 3.63) is 89.2 Å². The Morgan fingerprint density at radius 2 is 1.77 bits per heavy atom. The molecule has 0 unspecified atom stereocenters. The number of halogens is 1. The maximum atomic E-state index is 13.2. The van der Waals surface area contributed by atoms with Crippen LogP contribution in [0.2, 0.25) is 0 Å². The normalized spacial score (nSPS) is 11.2. The molecule has 0 aliphatic carbocycles. The lowest BCUT2D eigenvalue weighted by Gasteiger charge is -2.04. The second-order valence-electron chi connectivity index (χ2n) is 6.81. The second kappa shape index (κ2) is 7.48. The lowest BCUT2D eigenvalue weighted by Crippen LogP contribution is -2.24. The van der Waals surface area contributed by atoms with Crippen molar-refractivity contribution >= 4 is 10.9 Å². The number of methoxy groups -OCH3 is 1. The van der Waals surface area contributed by atoms with Crippen LogP contribution in [0.3, 0.4) is 0 Å². The molecule has 0 saturated heterocycles. The molecule has 31 heavy (non-hydrogen) atoms. The van der Waals surface area contributed by atoms with Crippen LogP contribution in [0.4, 0.5) is 4.39 Å². The summed E-state index contributed by atoms with van der Waals surface area (Å²) < 4.78 is 22.8. The molecule has 0 spiro atoms. The summed E-state index contributed by atoms with van der Waals surface area (Å²) >= 11 is 0. The number of hydrogen-bond acceptors (Lipinski definition) is 6. The van der Waals surface area contributed by atoms with Gasteiger partial charge in [0.25, 0.3) is 0 Å². The van der Waals surface area contributed by atoms with Crippen LogP contribution >= 0.6 is 0 Å². The van der Waals surface area contributed by atoms with Gasteiger partial charge in [-0.3, -0.25) is 0 Å². The first kappa shape index (κ1) is 18.7. The Labute approximate surface area is 175 Å². The highest BCUT2D eigenvalue weighted by Crippen LogP contribution is 2.19. The lowest BCUT2D eigenvalue weighted by molar-refractivity contribution is 0.357. The average Bonchev–Trinajstić information content (AvgIpc) is 3.36. The first-order valence-electron chi connectivity index (χ1n) is 9.36. The minimum atomic E-state index is -0.371. The van der Waals surface area contributed by atoms with Gasteiger partial charge < -0.3 is 4.74 Å². The molecule has 9 nitrogen and oxygen atoms in total. The van der Waals surface area contributed by atoms with Crippen LogP contribution in [0.25, 0.3) is 22.3 Å². The predicted molar refractivity (Wildman–Crippen MR) is 110 cm³/mol. The first-order valence-corrected chi connectivity index (χ1v) is 9.36. The summed E-state index contributed by atoms with van der Waals surface area (Å²) in [6, 6.07) is 11.5. The smallest absolute Gasteiger partial charge is 0.353 e. The van der Waals surface area contributed by atoms with Crippen LogP contribution in [0, 0.1) is 5.82 Å². The molecule has 0 atom stereocenters. The summed E-state index contributed by atoms with van der Waals surface area (Å²) in [5.74, 6) is -0.338. The molecule has 0 fully saturated rings. The van der Waals surface area contributed by atoms with Crippen LogP contribution in [0.15, 0.2) is 72.2 Å². The lowest BCUT2D eigenvalue weighted by atomic mass is 10.2. The highest BCUT2D eigenvalue weighted by Gasteiger charge is 2.16. The van der Waals surface area contributed by atoms with Crippen LogP contribution < -0.4 is 10.4 Å². The molecule has 3 aromatic heterocycles. The zero-order valence-electron chi connectivity index (χ0n) is 16.4. The molecule has 0 aliphatic rings. The Hall–Kier alpha value is -4.34. The van der Waals surface area contributed by atoms with Gasteiger partial charge in [-0.05, 0) is 35.9 Å². The number of benzene rings is 2. The standard InChI is InChI=1S/C21H16FN7O2/c1-31-20-26-29(21(30)27(20)11-14-2-4-16(22)5-3-14)17-6-7-19-15(8-17)12-28(25-19)18-9-23-13-24-10-18/h2-10,12-13H,11H2,1H3. The summed E-state index contributed by atoms with van der Waals surface area (Å²) in [4.78, 5) is 21.1. The fourth-order valence-electron chi connectivity index (χ4n) is 3.29. The van der Waals surface area contributed by atoms with E-state index in [0.29, 0.717) is 5.69 Å². The average molecular weight is 417 g/mol. The van der Waals surface area contributed by atoms with E-state index in [4.69, 9.17) is 4.74 Å². The van der Waals surface area contributed by atoms with Gasteiger partial charge in [-0.2, -0.15) is 9.78 Å².